The minimum absolute atomic E-state index is 0.104. The number of nitrogens with one attached hydrogen (secondary N) is 1. The number of sulfonamides is 1. The van der Waals surface area contributed by atoms with Crippen LogP contribution in [0.4, 0.5) is 5.69 Å². The number of carbonyl (C=O) groups is 1. The molecule has 0 spiro atoms. The van der Waals surface area contributed by atoms with Crippen LogP contribution in [-0.2, 0) is 21.3 Å². The van der Waals surface area contributed by atoms with Crippen molar-refractivity contribution in [2.45, 2.75) is 69.7 Å². The summed E-state index contributed by atoms with van der Waals surface area (Å²) < 4.78 is 52.7. The maximum Gasteiger partial charge on any atom is 0.261 e. The van der Waals surface area contributed by atoms with Crippen molar-refractivity contribution in [3.63, 3.8) is 0 Å². The fourth-order valence-electron chi connectivity index (χ4n) is 5.99. The van der Waals surface area contributed by atoms with E-state index < -0.39 is 16.1 Å². The highest BCUT2D eigenvalue weighted by Crippen LogP contribution is 2.33. The Hall–Kier alpha value is -3.84. The van der Waals surface area contributed by atoms with E-state index in [9.17, 15) is 18.3 Å². The summed E-state index contributed by atoms with van der Waals surface area (Å²) in [5.41, 5.74) is 1.54. The van der Waals surface area contributed by atoms with E-state index >= 15 is 0 Å². The number of aliphatic hydroxyl groups excluding tert-OH is 1. The molecule has 3 aromatic carbocycles. The van der Waals surface area contributed by atoms with Crippen molar-refractivity contribution in [2.24, 2.45) is 5.92 Å². The Morgan fingerprint density at radius 3 is 2.52 bits per heavy atom. The van der Waals surface area contributed by atoms with Crippen molar-refractivity contribution in [1.82, 2.24) is 9.80 Å². The molecule has 12 heteroatoms. The first kappa shape index (κ1) is 35.5. The Bertz CT molecular complexity index is 1640. The lowest BCUT2D eigenvalue weighted by molar-refractivity contribution is -0.0177. The third kappa shape index (κ3) is 8.98. The molecule has 3 aromatic rings. The first-order valence-electron chi connectivity index (χ1n) is 16.5. The molecule has 0 radical (unpaired) electrons. The van der Waals surface area contributed by atoms with Crippen LogP contribution in [0.25, 0.3) is 0 Å². The summed E-state index contributed by atoms with van der Waals surface area (Å²) in [5, 5.41) is 10.3. The highest BCUT2D eigenvalue weighted by molar-refractivity contribution is 7.92. The lowest BCUT2D eigenvalue weighted by Gasteiger charge is -2.36. The monoisotopic (exact) mass is 681 g/mol. The fourth-order valence-corrected chi connectivity index (χ4v) is 7.06. The summed E-state index contributed by atoms with van der Waals surface area (Å²) in [7, 11) is -1.85. The number of anilines is 1. The van der Waals surface area contributed by atoms with Crippen LogP contribution < -0.4 is 18.9 Å². The first-order valence-corrected chi connectivity index (χ1v) is 18.0. The van der Waals surface area contributed by atoms with Crippen LogP contribution in [0.15, 0.2) is 71.6 Å². The zero-order valence-corrected chi connectivity index (χ0v) is 28.9. The molecule has 11 nitrogen and oxygen atoms in total. The van der Waals surface area contributed by atoms with Crippen molar-refractivity contribution in [1.29, 1.82) is 0 Å². The standard InChI is InChI=1S/C36H47N3O8S/c1-25-20-39(26(2)23-40)36(41)31-19-29(37-48(42,43)30-11-6-5-7-12-30)14-16-32(31)47-27(3)10-8-9-17-44-35(25)22-38(4)21-28-13-15-33-34(18-28)46-24-45-33/h5-7,11-16,18-19,25-27,35,37,40H,8-10,17,20-24H2,1-4H3/t25-,26+,27+,35-/m1/s1. The Balaban J connectivity index is 1.40. The molecule has 5 rings (SSSR count). The van der Waals surface area contributed by atoms with Gasteiger partial charge in [-0.3, -0.25) is 14.4 Å². The molecule has 2 heterocycles. The Morgan fingerprint density at radius 1 is 1.00 bits per heavy atom. The number of ether oxygens (including phenoxy) is 4. The van der Waals surface area contributed by atoms with Gasteiger partial charge in [-0.05, 0) is 88.2 Å². The number of carbonyl (C=O) groups excluding carboxylic acids is 1. The topological polar surface area (TPSA) is 127 Å². The van der Waals surface area contributed by atoms with Gasteiger partial charge in [0.1, 0.15) is 5.75 Å². The highest BCUT2D eigenvalue weighted by Gasteiger charge is 2.31. The molecule has 2 aliphatic rings. The van der Waals surface area contributed by atoms with E-state index in [4.69, 9.17) is 18.9 Å². The number of amides is 1. The summed E-state index contributed by atoms with van der Waals surface area (Å²) in [5.74, 6) is 1.38. The van der Waals surface area contributed by atoms with Crippen molar-refractivity contribution in [2.75, 3.05) is 44.9 Å². The third-order valence-electron chi connectivity index (χ3n) is 8.74. The van der Waals surface area contributed by atoms with Crippen molar-refractivity contribution >= 4 is 21.6 Å². The van der Waals surface area contributed by atoms with Crippen LogP contribution in [-0.4, -0.2) is 87.6 Å². The lowest BCUT2D eigenvalue weighted by Crippen LogP contribution is -2.47. The summed E-state index contributed by atoms with van der Waals surface area (Å²) in [6.45, 7) is 7.94. The number of benzene rings is 3. The van der Waals surface area contributed by atoms with Crippen LogP contribution in [0.3, 0.4) is 0 Å². The van der Waals surface area contributed by atoms with Gasteiger partial charge < -0.3 is 29.0 Å². The smallest absolute Gasteiger partial charge is 0.261 e. The second-order valence-corrected chi connectivity index (χ2v) is 14.5. The number of nitrogens with zero attached hydrogens (tertiary/aromatic N) is 2. The molecule has 1 amide bonds. The zero-order valence-electron chi connectivity index (χ0n) is 28.1. The van der Waals surface area contributed by atoms with E-state index in [1.807, 2.05) is 32.2 Å². The highest BCUT2D eigenvalue weighted by atomic mass is 32.2. The number of aliphatic hydroxyl groups is 1. The van der Waals surface area contributed by atoms with E-state index in [0.29, 0.717) is 32.0 Å². The van der Waals surface area contributed by atoms with Gasteiger partial charge in [0.2, 0.25) is 6.79 Å². The second kappa shape index (κ2) is 16.0. The summed E-state index contributed by atoms with van der Waals surface area (Å²) in [6, 6.07) is 18.3. The number of fused-ring (bicyclic) bond motifs is 2. The number of rotatable bonds is 9. The van der Waals surface area contributed by atoms with Crippen LogP contribution in [0, 0.1) is 5.92 Å². The third-order valence-corrected chi connectivity index (χ3v) is 10.1. The van der Waals surface area contributed by atoms with E-state index in [1.54, 1.807) is 42.2 Å². The van der Waals surface area contributed by atoms with E-state index in [2.05, 4.69) is 16.5 Å². The van der Waals surface area contributed by atoms with Gasteiger partial charge in [0.25, 0.3) is 15.9 Å². The second-order valence-electron chi connectivity index (χ2n) is 12.8. The largest absolute Gasteiger partial charge is 0.490 e. The Morgan fingerprint density at radius 2 is 1.75 bits per heavy atom. The molecular formula is C36H47N3O8S. The normalized spacial score (nSPS) is 21.2. The summed E-state index contributed by atoms with van der Waals surface area (Å²) in [6.07, 6.45) is 2.08. The van der Waals surface area contributed by atoms with Gasteiger partial charge in [0.15, 0.2) is 11.5 Å². The lowest BCUT2D eigenvalue weighted by atomic mass is 10.0. The molecule has 0 unspecified atom stereocenters. The Kier molecular flexibility index (Phi) is 11.9. The van der Waals surface area contributed by atoms with Gasteiger partial charge in [0.05, 0.1) is 35.3 Å². The van der Waals surface area contributed by atoms with E-state index in [1.165, 1.54) is 18.2 Å². The van der Waals surface area contributed by atoms with Gasteiger partial charge in [-0.1, -0.05) is 31.2 Å². The maximum atomic E-state index is 14.4. The minimum Gasteiger partial charge on any atom is -0.490 e. The fraction of sp³-hybridized carbons (Fsp3) is 0.472. The molecule has 0 aliphatic carbocycles. The first-order chi connectivity index (χ1) is 23.0. The average Bonchev–Trinajstić information content (AvgIpc) is 3.54. The molecule has 0 fully saturated rings. The molecule has 48 heavy (non-hydrogen) atoms. The van der Waals surface area contributed by atoms with Gasteiger partial charge in [-0.25, -0.2) is 8.42 Å². The quantitative estimate of drug-likeness (QED) is 0.316. The molecule has 0 saturated carbocycles. The predicted molar refractivity (Wildman–Crippen MR) is 183 cm³/mol. The molecule has 2 N–H and O–H groups in total. The zero-order chi connectivity index (χ0) is 34.3. The molecule has 4 atom stereocenters. The number of hydrogen-bond donors (Lipinski definition) is 2. The molecule has 260 valence electrons. The number of hydrogen-bond acceptors (Lipinski definition) is 9. The summed E-state index contributed by atoms with van der Waals surface area (Å²) >= 11 is 0. The van der Waals surface area contributed by atoms with Gasteiger partial charge in [0, 0.05) is 37.8 Å². The molecule has 0 saturated heterocycles. The molecule has 2 aliphatic heterocycles. The maximum absolute atomic E-state index is 14.4. The van der Waals surface area contributed by atoms with Crippen molar-refractivity contribution < 1.29 is 37.3 Å². The van der Waals surface area contributed by atoms with Gasteiger partial charge in [-0.15, -0.1) is 0 Å². The van der Waals surface area contributed by atoms with Crippen LogP contribution >= 0.6 is 0 Å². The van der Waals surface area contributed by atoms with E-state index in [-0.39, 0.29) is 53.6 Å². The van der Waals surface area contributed by atoms with Crippen LogP contribution in [0.1, 0.15) is 56.0 Å². The van der Waals surface area contributed by atoms with Crippen LogP contribution in [0.2, 0.25) is 0 Å². The van der Waals surface area contributed by atoms with Crippen molar-refractivity contribution in [3.8, 4) is 17.2 Å². The number of likely N-dealkylation sites (N-methyl/N-ethyl adjacent to an activating group) is 1. The van der Waals surface area contributed by atoms with Gasteiger partial charge in [-0.2, -0.15) is 0 Å². The summed E-state index contributed by atoms with van der Waals surface area (Å²) in [4.78, 5) is 18.3. The average molecular weight is 682 g/mol. The predicted octanol–water partition coefficient (Wildman–Crippen LogP) is 5.14. The minimum atomic E-state index is -3.90. The Labute approximate surface area is 283 Å². The van der Waals surface area contributed by atoms with E-state index in [0.717, 1.165) is 36.3 Å². The molecular weight excluding hydrogens is 634 g/mol. The van der Waals surface area contributed by atoms with Crippen LogP contribution in [0.5, 0.6) is 17.2 Å². The SMILES string of the molecule is C[C@@H]1CN([C@@H](C)CO)C(=O)c2cc(NS(=O)(=O)c3ccccc3)ccc2O[C@@H](C)CCCCO[C@@H]1CN(C)Cc1ccc2c(c1)OCO2. The van der Waals surface area contributed by atoms with Gasteiger partial charge >= 0.3 is 0 Å². The van der Waals surface area contributed by atoms with Crippen molar-refractivity contribution in [3.05, 3.63) is 77.9 Å². The molecule has 0 bridgehead atoms. The molecule has 0 aromatic heterocycles.